The Morgan fingerprint density at radius 1 is 1.17 bits per heavy atom. The number of methoxy groups -OCH3 is 1. The number of carbonyl (C=O) groups excluding carboxylic acids is 2. The van der Waals surface area contributed by atoms with Crippen LogP contribution in [0.15, 0.2) is 18.2 Å². The molecule has 0 radical (unpaired) electrons. The molecule has 1 saturated carbocycles. The second kappa shape index (κ2) is 6.45. The van der Waals surface area contributed by atoms with Crippen LogP contribution in [0.3, 0.4) is 0 Å². The van der Waals surface area contributed by atoms with Gasteiger partial charge in [-0.3, -0.25) is 9.59 Å². The summed E-state index contributed by atoms with van der Waals surface area (Å²) < 4.78 is 15.4. The van der Waals surface area contributed by atoms with Crippen LogP contribution in [0.1, 0.15) is 18.4 Å². The van der Waals surface area contributed by atoms with Gasteiger partial charge in [-0.1, -0.05) is 6.07 Å². The fourth-order valence-corrected chi connectivity index (χ4v) is 2.52. The number of hydrogen-bond acceptors (Lipinski definition) is 5. The Balaban J connectivity index is 1.54. The normalized spacial score (nSPS) is 16.7. The van der Waals surface area contributed by atoms with Crippen molar-refractivity contribution >= 4 is 11.8 Å². The number of fused-ring (bicyclic) bond motifs is 1. The molecule has 2 aliphatic rings. The fraction of sp³-hybridized carbons (Fsp3) is 0.500. The Morgan fingerprint density at radius 2 is 1.91 bits per heavy atom. The van der Waals surface area contributed by atoms with Crippen LogP contribution < -0.4 is 20.1 Å². The fourth-order valence-electron chi connectivity index (χ4n) is 2.52. The van der Waals surface area contributed by atoms with Crippen LogP contribution in [0, 0.1) is 5.41 Å². The number of rotatable bonds is 7. The molecule has 0 atom stereocenters. The zero-order valence-electron chi connectivity index (χ0n) is 13.0. The van der Waals surface area contributed by atoms with E-state index in [-0.39, 0.29) is 18.6 Å². The molecular formula is C16H20N2O5. The van der Waals surface area contributed by atoms with Crippen LogP contribution in [-0.4, -0.2) is 38.9 Å². The Bertz CT molecular complexity index is 612. The average Bonchev–Trinajstić information content (AvgIpc) is 3.24. The smallest absolute Gasteiger partial charge is 0.235 e. The summed E-state index contributed by atoms with van der Waals surface area (Å²) in [5, 5.41) is 5.57. The molecule has 1 aliphatic carbocycles. The molecule has 1 aromatic carbocycles. The third-order valence-corrected chi connectivity index (χ3v) is 4.10. The third-order valence-electron chi connectivity index (χ3n) is 4.10. The molecule has 1 fully saturated rings. The topological polar surface area (TPSA) is 85.9 Å². The molecule has 1 aliphatic heterocycles. The second-order valence-corrected chi connectivity index (χ2v) is 5.70. The molecule has 7 heteroatoms. The van der Waals surface area contributed by atoms with Crippen molar-refractivity contribution in [1.29, 1.82) is 0 Å². The Labute approximate surface area is 134 Å². The highest BCUT2D eigenvalue weighted by Gasteiger charge is 2.56. The number of amides is 2. The van der Waals surface area contributed by atoms with E-state index in [1.165, 1.54) is 0 Å². The van der Waals surface area contributed by atoms with Gasteiger partial charge in [0, 0.05) is 20.2 Å². The molecule has 0 saturated heterocycles. The van der Waals surface area contributed by atoms with Gasteiger partial charge >= 0.3 is 0 Å². The number of ether oxygens (including phenoxy) is 3. The van der Waals surface area contributed by atoms with Gasteiger partial charge in [-0.2, -0.15) is 0 Å². The van der Waals surface area contributed by atoms with Gasteiger partial charge in [0.1, 0.15) is 5.41 Å². The van der Waals surface area contributed by atoms with E-state index >= 15 is 0 Å². The minimum atomic E-state index is -0.913. The largest absolute Gasteiger partial charge is 0.454 e. The van der Waals surface area contributed by atoms with Crippen LogP contribution in [0.4, 0.5) is 0 Å². The van der Waals surface area contributed by atoms with Crippen molar-refractivity contribution in [3.05, 3.63) is 23.8 Å². The average molecular weight is 320 g/mol. The Morgan fingerprint density at radius 3 is 2.65 bits per heavy atom. The molecule has 2 amide bonds. The van der Waals surface area contributed by atoms with E-state index in [1.807, 2.05) is 18.2 Å². The lowest BCUT2D eigenvalue weighted by Crippen LogP contribution is -2.43. The summed E-state index contributed by atoms with van der Waals surface area (Å²) in [7, 11) is 1.57. The molecule has 3 rings (SSSR count). The molecule has 1 aromatic rings. The van der Waals surface area contributed by atoms with Crippen molar-refractivity contribution in [1.82, 2.24) is 10.6 Å². The molecule has 0 unspecified atom stereocenters. The Kier molecular flexibility index (Phi) is 4.38. The van der Waals surface area contributed by atoms with Crippen LogP contribution >= 0.6 is 0 Å². The van der Waals surface area contributed by atoms with Crippen molar-refractivity contribution < 1.29 is 23.8 Å². The first-order chi connectivity index (χ1) is 11.2. The number of benzene rings is 1. The van der Waals surface area contributed by atoms with Gasteiger partial charge in [-0.15, -0.1) is 0 Å². The maximum Gasteiger partial charge on any atom is 0.235 e. The summed E-state index contributed by atoms with van der Waals surface area (Å²) in [6.07, 6.45) is 1.16. The van der Waals surface area contributed by atoms with Crippen molar-refractivity contribution in [3.63, 3.8) is 0 Å². The molecule has 7 nitrogen and oxygen atoms in total. The van der Waals surface area contributed by atoms with E-state index in [0.29, 0.717) is 44.0 Å². The maximum atomic E-state index is 12.3. The van der Waals surface area contributed by atoms with Gasteiger partial charge in [0.2, 0.25) is 18.6 Å². The summed E-state index contributed by atoms with van der Waals surface area (Å²) in [4.78, 5) is 24.5. The zero-order valence-corrected chi connectivity index (χ0v) is 13.0. The van der Waals surface area contributed by atoms with E-state index in [9.17, 15) is 9.59 Å². The molecule has 0 bridgehead atoms. The highest BCUT2D eigenvalue weighted by atomic mass is 16.7. The lowest BCUT2D eigenvalue weighted by atomic mass is 10.0. The molecule has 0 aromatic heterocycles. The van der Waals surface area contributed by atoms with Gasteiger partial charge in [0.25, 0.3) is 0 Å². The van der Waals surface area contributed by atoms with E-state index in [0.717, 1.165) is 5.56 Å². The summed E-state index contributed by atoms with van der Waals surface area (Å²) in [6, 6.07) is 5.51. The molecular weight excluding hydrogens is 300 g/mol. The first-order valence-electron chi connectivity index (χ1n) is 7.60. The maximum absolute atomic E-state index is 12.3. The number of hydrogen-bond donors (Lipinski definition) is 2. The van der Waals surface area contributed by atoms with Gasteiger partial charge in [-0.25, -0.2) is 0 Å². The Hall–Kier alpha value is -2.28. The van der Waals surface area contributed by atoms with E-state index in [2.05, 4.69) is 10.6 Å². The van der Waals surface area contributed by atoms with Crippen LogP contribution in [0.2, 0.25) is 0 Å². The minimum Gasteiger partial charge on any atom is -0.454 e. The zero-order chi connectivity index (χ0) is 16.3. The van der Waals surface area contributed by atoms with E-state index < -0.39 is 5.41 Å². The third kappa shape index (κ3) is 3.24. The second-order valence-electron chi connectivity index (χ2n) is 5.70. The van der Waals surface area contributed by atoms with Gasteiger partial charge in [0.15, 0.2) is 11.5 Å². The number of nitrogens with one attached hydrogen (secondary N) is 2. The molecule has 124 valence electrons. The predicted molar refractivity (Wildman–Crippen MR) is 81.0 cm³/mol. The highest BCUT2D eigenvalue weighted by molar-refractivity contribution is 6.07. The van der Waals surface area contributed by atoms with Crippen LogP contribution in [0.5, 0.6) is 11.5 Å². The molecule has 1 heterocycles. The quantitative estimate of drug-likeness (QED) is 0.567. The van der Waals surface area contributed by atoms with Gasteiger partial charge < -0.3 is 24.8 Å². The van der Waals surface area contributed by atoms with E-state index in [4.69, 9.17) is 14.2 Å². The molecule has 2 N–H and O–H groups in total. The monoisotopic (exact) mass is 320 g/mol. The van der Waals surface area contributed by atoms with Crippen molar-refractivity contribution in [2.75, 3.05) is 27.1 Å². The molecule has 23 heavy (non-hydrogen) atoms. The van der Waals surface area contributed by atoms with Gasteiger partial charge in [-0.05, 0) is 30.5 Å². The van der Waals surface area contributed by atoms with E-state index in [1.54, 1.807) is 7.11 Å². The summed E-state index contributed by atoms with van der Waals surface area (Å²) in [6.45, 7) is 1.41. The standard InChI is InChI=1S/C16H20N2O5/c1-21-7-6-17-14(19)16(4-5-16)15(20)18-9-11-2-3-12-13(8-11)23-10-22-12/h2-3,8H,4-7,9-10H2,1H3,(H,17,19)(H,18,20). The van der Waals surface area contributed by atoms with Crippen molar-refractivity contribution in [3.8, 4) is 11.5 Å². The SMILES string of the molecule is COCCNC(=O)C1(C(=O)NCc2ccc3c(c2)OCO3)CC1. The first kappa shape index (κ1) is 15.6. The number of carbonyl (C=O) groups is 2. The molecule has 0 spiro atoms. The van der Waals surface area contributed by atoms with Crippen LogP contribution in [-0.2, 0) is 20.9 Å². The highest BCUT2D eigenvalue weighted by Crippen LogP contribution is 2.46. The predicted octanol–water partition coefficient (Wildman–Crippen LogP) is 0.574. The van der Waals surface area contributed by atoms with Crippen molar-refractivity contribution in [2.45, 2.75) is 19.4 Å². The van der Waals surface area contributed by atoms with Crippen molar-refractivity contribution in [2.24, 2.45) is 5.41 Å². The lowest BCUT2D eigenvalue weighted by molar-refractivity contribution is -0.137. The summed E-state index contributed by atoms with van der Waals surface area (Å²) in [5.41, 5.74) is -0.0115. The van der Waals surface area contributed by atoms with Crippen LogP contribution in [0.25, 0.3) is 0 Å². The minimum absolute atomic E-state index is 0.218. The lowest BCUT2D eigenvalue weighted by Gasteiger charge is -2.15. The first-order valence-corrected chi connectivity index (χ1v) is 7.60. The summed E-state index contributed by atoms with van der Waals surface area (Å²) in [5.74, 6) is 0.925. The summed E-state index contributed by atoms with van der Waals surface area (Å²) >= 11 is 0. The van der Waals surface area contributed by atoms with Gasteiger partial charge in [0.05, 0.1) is 6.61 Å².